The molecule has 0 aromatic heterocycles. The molecular weight excluding hydrogens is 1030 g/mol. The molecule has 0 fully saturated rings. The molecule has 0 radical (unpaired) electrons. The van der Waals surface area contributed by atoms with Crippen LogP contribution in [0.2, 0.25) is 0 Å². The van der Waals surface area contributed by atoms with Crippen LogP contribution in [-0.4, -0.2) is 87.4 Å². The molecule has 0 aliphatic heterocycles. The first kappa shape index (κ1) is 79.5. The number of hydrogen-bond acceptors (Lipinski definition) is 7. The summed E-state index contributed by atoms with van der Waals surface area (Å²) < 4.78 is 23.0. The van der Waals surface area contributed by atoms with E-state index in [9.17, 15) is 19.5 Å². The van der Waals surface area contributed by atoms with E-state index >= 15 is 0 Å². The number of nitrogens with zero attached hydrogens (tertiary/aromatic N) is 1. The first-order chi connectivity index (χ1) is 40.6. The molecule has 0 amide bonds. The Morgan fingerprint density at radius 1 is 0.373 bits per heavy atom. The van der Waals surface area contributed by atoms with Crippen molar-refractivity contribution in [2.45, 2.75) is 322 Å². The Hall–Kier alpha value is -3.53. The van der Waals surface area contributed by atoms with Gasteiger partial charge in [0.2, 0.25) is 0 Å². The third-order valence-electron chi connectivity index (χ3n) is 15.2. The Morgan fingerprint density at radius 2 is 0.687 bits per heavy atom. The minimum Gasteiger partial charge on any atom is -0.477 e. The fraction of sp³-hybridized carbons (Fsp3) is 0.770. The zero-order chi connectivity index (χ0) is 60.5. The summed E-state index contributed by atoms with van der Waals surface area (Å²) in [7, 11) is 5.97. The lowest BCUT2D eigenvalue weighted by atomic mass is 10.0. The molecule has 0 saturated carbocycles. The number of unbranched alkanes of at least 4 members (excludes halogenated alkanes) is 35. The van der Waals surface area contributed by atoms with Crippen molar-refractivity contribution in [2.75, 3.05) is 47.5 Å². The fourth-order valence-electron chi connectivity index (χ4n) is 9.88. The van der Waals surface area contributed by atoms with Crippen molar-refractivity contribution < 1.29 is 42.9 Å². The average Bonchev–Trinajstić information content (AvgIpc) is 3.46. The Labute approximate surface area is 512 Å². The second kappa shape index (κ2) is 64.5. The van der Waals surface area contributed by atoms with Crippen molar-refractivity contribution in [3.8, 4) is 0 Å². The van der Waals surface area contributed by atoms with Gasteiger partial charge in [-0.05, 0) is 70.6 Å². The number of hydrogen-bond donors (Lipinski definition) is 1. The number of esters is 2. The zero-order valence-corrected chi connectivity index (χ0v) is 54.8. The van der Waals surface area contributed by atoms with Crippen molar-refractivity contribution in [3.05, 3.63) is 85.1 Å². The van der Waals surface area contributed by atoms with E-state index in [1.807, 2.05) is 21.1 Å². The first-order valence-electron chi connectivity index (χ1n) is 34.8. The van der Waals surface area contributed by atoms with Crippen molar-refractivity contribution in [3.63, 3.8) is 0 Å². The summed E-state index contributed by atoms with van der Waals surface area (Å²) in [6, 6.07) is 0. The number of quaternary nitrogens is 1. The lowest BCUT2D eigenvalue weighted by Crippen LogP contribution is -2.40. The summed E-state index contributed by atoms with van der Waals surface area (Å²) in [6.45, 7) is 4.78. The largest absolute Gasteiger partial charge is 0.477 e. The molecule has 9 heteroatoms. The monoisotopic (exact) mass is 1160 g/mol. The molecule has 0 aliphatic rings. The highest BCUT2D eigenvalue weighted by Gasteiger charge is 2.25. The average molecular weight is 1160 g/mol. The summed E-state index contributed by atoms with van der Waals surface area (Å²) in [5, 5.41) is 9.74. The predicted molar refractivity (Wildman–Crippen MR) is 355 cm³/mol. The van der Waals surface area contributed by atoms with Gasteiger partial charge in [-0.15, -0.1) is 0 Å². The van der Waals surface area contributed by atoms with E-state index < -0.39 is 24.3 Å². The summed E-state index contributed by atoms with van der Waals surface area (Å²) in [5.74, 6) is -2.02. The third-order valence-corrected chi connectivity index (χ3v) is 15.2. The smallest absolute Gasteiger partial charge is 0.361 e. The van der Waals surface area contributed by atoms with Crippen LogP contribution in [0, 0.1) is 0 Å². The second-order valence-corrected chi connectivity index (χ2v) is 24.5. The lowest BCUT2D eigenvalue weighted by Gasteiger charge is -2.25. The minimum atomic E-state index is -1.52. The SMILES string of the molecule is CC/C=C\C/C=C\C/C=C\C/C=C\C/C=C\C/C=C\C/C=C\CCCCCCCC(=O)OC(COC(=O)CCCCCCCCCCCCCCCCCCCCCCCCCCCCCCCCC)COC(OCC[N+](C)(C)C)C(=O)O. The van der Waals surface area contributed by atoms with Gasteiger partial charge in [-0.2, -0.15) is 0 Å². The molecule has 9 nitrogen and oxygen atoms in total. The van der Waals surface area contributed by atoms with Gasteiger partial charge in [-0.25, -0.2) is 4.79 Å². The van der Waals surface area contributed by atoms with Crippen LogP contribution in [0.25, 0.3) is 0 Å². The van der Waals surface area contributed by atoms with Crippen LogP contribution in [0.5, 0.6) is 0 Å². The van der Waals surface area contributed by atoms with Gasteiger partial charge in [-0.1, -0.05) is 311 Å². The van der Waals surface area contributed by atoms with Crippen LogP contribution in [0.3, 0.4) is 0 Å². The molecule has 2 atom stereocenters. The van der Waals surface area contributed by atoms with Crippen molar-refractivity contribution in [2.24, 2.45) is 0 Å². The second-order valence-electron chi connectivity index (χ2n) is 24.5. The molecule has 0 bridgehead atoms. The Morgan fingerprint density at radius 3 is 1.02 bits per heavy atom. The molecule has 0 aliphatic carbocycles. The van der Waals surface area contributed by atoms with Gasteiger partial charge in [0.05, 0.1) is 34.4 Å². The summed E-state index contributed by atoms with van der Waals surface area (Å²) in [6.07, 6.45) is 84.2. The van der Waals surface area contributed by atoms with Gasteiger partial charge in [0.1, 0.15) is 13.2 Å². The standard InChI is InChI=1S/C74H131NO8/c1-6-8-10-12-14-16-18-20-22-24-26-28-30-32-34-35-36-37-39-40-42-44-46-48-50-52-54-56-58-60-62-64-71(76)81-68-70(69-82-74(73(78)79)80-67-66-75(3,4)5)83-72(77)65-63-61-59-57-55-53-51-49-47-45-43-41-38-33-31-29-27-25-23-21-19-17-15-13-11-9-7-2/h9,11,15,17,21,23,27,29,33,38,43,45,49,51,70,74H,6-8,10,12-14,16,18-20,22,24-26,28,30-32,34-37,39-42,44,46-48,50,52-69H2,1-5H3/p+1/b11-9-,17-15-,23-21-,29-27-,38-33-,45-43-,51-49-. The number of likely N-dealkylation sites (N-methyl/N-ethyl adjacent to an activating group) is 1. The molecule has 0 spiro atoms. The quantitative estimate of drug-likeness (QED) is 0.0211. The minimum absolute atomic E-state index is 0.181. The highest BCUT2D eigenvalue weighted by Crippen LogP contribution is 2.18. The molecule has 480 valence electrons. The maximum Gasteiger partial charge on any atom is 0.361 e. The molecule has 0 heterocycles. The van der Waals surface area contributed by atoms with E-state index in [-0.39, 0.29) is 32.2 Å². The number of allylic oxidation sites excluding steroid dienone is 14. The van der Waals surface area contributed by atoms with E-state index in [1.54, 1.807) is 0 Å². The van der Waals surface area contributed by atoms with Crippen LogP contribution in [0.4, 0.5) is 0 Å². The highest BCUT2D eigenvalue weighted by atomic mass is 16.7. The van der Waals surface area contributed by atoms with Gasteiger partial charge < -0.3 is 28.5 Å². The summed E-state index contributed by atoms with van der Waals surface area (Å²) in [5.41, 5.74) is 0. The van der Waals surface area contributed by atoms with Gasteiger partial charge >= 0.3 is 17.9 Å². The molecule has 0 saturated heterocycles. The van der Waals surface area contributed by atoms with E-state index in [2.05, 4.69) is 98.9 Å². The molecule has 0 aromatic rings. The maximum absolute atomic E-state index is 12.9. The van der Waals surface area contributed by atoms with Gasteiger partial charge in [0, 0.05) is 12.8 Å². The van der Waals surface area contributed by atoms with E-state index in [0.29, 0.717) is 23.9 Å². The lowest BCUT2D eigenvalue weighted by molar-refractivity contribution is -0.870. The van der Waals surface area contributed by atoms with Crippen LogP contribution < -0.4 is 0 Å². The van der Waals surface area contributed by atoms with Gasteiger partial charge in [0.15, 0.2) is 6.10 Å². The highest BCUT2D eigenvalue weighted by molar-refractivity contribution is 5.71. The fourth-order valence-corrected chi connectivity index (χ4v) is 9.88. The van der Waals surface area contributed by atoms with Crippen LogP contribution in [0.1, 0.15) is 309 Å². The molecule has 0 rings (SSSR count). The third kappa shape index (κ3) is 65.9. The van der Waals surface area contributed by atoms with Crippen LogP contribution in [-0.2, 0) is 33.3 Å². The number of carboxylic acid groups (broad SMARTS) is 1. The number of ether oxygens (including phenoxy) is 4. The molecule has 1 N–H and O–H groups in total. The number of rotatable bonds is 64. The Kier molecular flexibility index (Phi) is 61.7. The molecule has 83 heavy (non-hydrogen) atoms. The Balaban J connectivity index is 4.14. The van der Waals surface area contributed by atoms with Gasteiger partial charge in [-0.3, -0.25) is 9.59 Å². The predicted octanol–water partition coefficient (Wildman–Crippen LogP) is 21.5. The number of carboxylic acids is 1. The number of carbonyl (C=O) groups is 3. The van der Waals surface area contributed by atoms with Crippen molar-refractivity contribution >= 4 is 17.9 Å². The summed E-state index contributed by atoms with van der Waals surface area (Å²) >= 11 is 0. The topological polar surface area (TPSA) is 108 Å². The normalized spacial score (nSPS) is 13.2. The summed E-state index contributed by atoms with van der Waals surface area (Å²) in [4.78, 5) is 37.6. The first-order valence-corrected chi connectivity index (χ1v) is 34.8. The van der Waals surface area contributed by atoms with Gasteiger partial charge in [0.25, 0.3) is 6.29 Å². The zero-order valence-electron chi connectivity index (χ0n) is 54.8. The van der Waals surface area contributed by atoms with Crippen molar-refractivity contribution in [1.82, 2.24) is 0 Å². The number of carbonyl (C=O) groups excluding carboxylic acids is 2. The van der Waals surface area contributed by atoms with E-state index in [0.717, 1.165) is 96.3 Å². The van der Waals surface area contributed by atoms with E-state index in [1.165, 1.54) is 180 Å². The van der Waals surface area contributed by atoms with Crippen LogP contribution >= 0.6 is 0 Å². The van der Waals surface area contributed by atoms with E-state index in [4.69, 9.17) is 18.9 Å². The van der Waals surface area contributed by atoms with Crippen molar-refractivity contribution in [1.29, 1.82) is 0 Å². The maximum atomic E-state index is 12.9. The molecule has 2 unspecified atom stereocenters. The number of aliphatic carboxylic acids is 1. The molecule has 0 aromatic carbocycles. The van der Waals surface area contributed by atoms with Crippen LogP contribution in [0.15, 0.2) is 85.1 Å². The Bertz CT molecular complexity index is 1640. The molecular formula is C74H132NO8+.